The number of hydrogen-bond acceptors (Lipinski definition) is 4. The zero-order valence-corrected chi connectivity index (χ0v) is 19.8. The Balaban J connectivity index is 1.62. The van der Waals surface area contributed by atoms with E-state index >= 15 is 0 Å². The number of allylic oxidation sites excluding steroid dienone is 1. The first-order chi connectivity index (χ1) is 16.0. The van der Waals surface area contributed by atoms with Gasteiger partial charge >= 0.3 is 0 Å². The maximum Gasteiger partial charge on any atom is 0.263 e. The number of nitriles is 1. The SMILES string of the molecule is [C-]#[N+]/C(C#N)=C\c1cc2cc3sc(N(c4ccc(C)cc4)c4ccc(C)cc4)cc3cc2s1. The highest BCUT2D eigenvalue weighted by atomic mass is 32.1. The predicted molar refractivity (Wildman–Crippen MR) is 142 cm³/mol. The molecule has 0 saturated carbocycles. The van der Waals surface area contributed by atoms with Gasteiger partial charge in [-0.05, 0) is 79.2 Å². The fraction of sp³-hybridized carbons (Fsp3) is 0.0714. The van der Waals surface area contributed by atoms with Crippen LogP contribution in [0.25, 0.3) is 31.1 Å². The van der Waals surface area contributed by atoms with Crippen LogP contribution in [0, 0.1) is 31.8 Å². The molecule has 5 rings (SSSR count). The number of hydrogen-bond donors (Lipinski definition) is 0. The van der Waals surface area contributed by atoms with E-state index in [9.17, 15) is 0 Å². The van der Waals surface area contributed by atoms with Gasteiger partial charge in [0.25, 0.3) is 5.70 Å². The number of rotatable bonds is 4. The molecule has 0 fully saturated rings. The van der Waals surface area contributed by atoms with Crippen LogP contribution in [-0.4, -0.2) is 0 Å². The molecule has 0 N–H and O–H groups in total. The third-order valence-corrected chi connectivity index (χ3v) is 7.61. The Hall–Kier alpha value is -3.90. The van der Waals surface area contributed by atoms with Crippen molar-refractivity contribution in [3.8, 4) is 6.07 Å². The fourth-order valence-electron chi connectivity index (χ4n) is 3.78. The van der Waals surface area contributed by atoms with Crippen molar-refractivity contribution in [3.63, 3.8) is 0 Å². The Bertz CT molecular complexity index is 1480. The van der Waals surface area contributed by atoms with Crippen LogP contribution in [0.1, 0.15) is 16.0 Å². The van der Waals surface area contributed by atoms with Gasteiger partial charge in [-0.25, -0.2) is 10.1 Å². The van der Waals surface area contributed by atoms with Gasteiger partial charge in [-0.2, -0.15) is 0 Å². The van der Waals surface area contributed by atoms with E-state index in [4.69, 9.17) is 11.8 Å². The largest absolute Gasteiger partial charge is 0.302 e. The van der Waals surface area contributed by atoms with E-state index in [1.54, 1.807) is 28.7 Å². The van der Waals surface area contributed by atoms with E-state index in [0.29, 0.717) is 0 Å². The van der Waals surface area contributed by atoms with E-state index in [-0.39, 0.29) is 5.70 Å². The van der Waals surface area contributed by atoms with Crippen molar-refractivity contribution in [3.05, 3.63) is 106 Å². The zero-order valence-electron chi connectivity index (χ0n) is 18.2. The Morgan fingerprint density at radius 1 is 0.848 bits per heavy atom. The van der Waals surface area contributed by atoms with Gasteiger partial charge in [0.15, 0.2) is 0 Å². The lowest BCUT2D eigenvalue weighted by molar-refractivity contribution is 1.30. The van der Waals surface area contributed by atoms with Crippen LogP contribution in [0.2, 0.25) is 0 Å². The van der Waals surface area contributed by atoms with Gasteiger partial charge < -0.3 is 4.90 Å². The van der Waals surface area contributed by atoms with E-state index in [2.05, 4.69) is 96.4 Å². The minimum Gasteiger partial charge on any atom is -0.302 e. The lowest BCUT2D eigenvalue weighted by atomic mass is 10.1. The van der Waals surface area contributed by atoms with Gasteiger partial charge in [0.05, 0.1) is 12.6 Å². The highest BCUT2D eigenvalue weighted by Crippen LogP contribution is 2.43. The second-order valence-corrected chi connectivity index (χ2v) is 10.1. The molecule has 5 aromatic rings. The minimum absolute atomic E-state index is 0.109. The van der Waals surface area contributed by atoms with Gasteiger partial charge in [0, 0.05) is 25.7 Å². The van der Waals surface area contributed by atoms with Crippen LogP contribution in [0.3, 0.4) is 0 Å². The van der Waals surface area contributed by atoms with Crippen LogP contribution in [0.4, 0.5) is 16.4 Å². The topological polar surface area (TPSA) is 31.4 Å². The van der Waals surface area contributed by atoms with Crippen LogP contribution < -0.4 is 4.90 Å². The number of thiophene rings is 2. The molecule has 0 aliphatic carbocycles. The number of nitrogens with zero attached hydrogens (tertiary/aromatic N) is 3. The molecular weight excluding hydrogens is 442 g/mol. The second-order valence-electron chi connectivity index (χ2n) is 7.92. The molecule has 0 radical (unpaired) electrons. The quantitative estimate of drug-likeness (QED) is 0.197. The standard InChI is InChI=1S/C28H19N3S2/c1-18-4-8-23(9-5-18)31(24-10-6-19(2)7-11-24)28-15-21-14-26-20(13-27(21)33-28)12-25(32-26)16-22(17-29)30-3/h4-16H,1-2H3/b22-16-. The molecular formula is C28H19N3S2. The first kappa shape index (κ1) is 21.0. The van der Waals surface area contributed by atoms with Crippen molar-refractivity contribution in [1.82, 2.24) is 0 Å². The molecule has 0 aliphatic rings. The average molecular weight is 462 g/mol. The number of benzene rings is 3. The number of fused-ring (bicyclic) bond motifs is 2. The maximum absolute atomic E-state index is 9.05. The first-order valence-electron chi connectivity index (χ1n) is 10.4. The second kappa shape index (κ2) is 8.56. The molecule has 0 bridgehead atoms. The normalized spacial score (nSPS) is 11.5. The molecule has 2 heterocycles. The van der Waals surface area contributed by atoms with Crippen LogP contribution in [0.15, 0.2) is 78.5 Å². The molecule has 5 heteroatoms. The van der Waals surface area contributed by atoms with E-state index in [0.717, 1.165) is 31.3 Å². The zero-order chi connectivity index (χ0) is 22.9. The molecule has 0 amide bonds. The molecule has 2 aromatic heterocycles. The van der Waals surface area contributed by atoms with Crippen molar-refractivity contribution in [2.75, 3.05) is 4.90 Å². The molecule has 0 aliphatic heterocycles. The maximum atomic E-state index is 9.05. The number of anilines is 3. The molecule has 0 atom stereocenters. The average Bonchev–Trinajstić information content (AvgIpc) is 3.40. The summed E-state index contributed by atoms with van der Waals surface area (Å²) in [5, 5.41) is 12.5. The van der Waals surface area contributed by atoms with E-state index in [1.165, 1.54) is 21.2 Å². The molecule has 3 nitrogen and oxygen atoms in total. The van der Waals surface area contributed by atoms with E-state index in [1.807, 2.05) is 6.07 Å². The summed E-state index contributed by atoms with van der Waals surface area (Å²) in [7, 11) is 0. The summed E-state index contributed by atoms with van der Waals surface area (Å²) >= 11 is 3.37. The third-order valence-electron chi connectivity index (χ3n) is 5.48. The van der Waals surface area contributed by atoms with Gasteiger partial charge in [-0.3, -0.25) is 0 Å². The summed E-state index contributed by atoms with van der Waals surface area (Å²) < 4.78 is 2.36. The van der Waals surface area contributed by atoms with Crippen molar-refractivity contribution in [2.45, 2.75) is 13.8 Å². The lowest BCUT2D eigenvalue weighted by Gasteiger charge is -2.23. The van der Waals surface area contributed by atoms with Crippen molar-refractivity contribution in [1.29, 1.82) is 5.26 Å². The summed E-state index contributed by atoms with van der Waals surface area (Å²) in [6.07, 6.45) is 1.66. The van der Waals surface area contributed by atoms with E-state index < -0.39 is 0 Å². The van der Waals surface area contributed by atoms with Crippen molar-refractivity contribution >= 4 is 65.3 Å². The third kappa shape index (κ3) is 4.13. The molecule has 0 saturated heterocycles. The smallest absolute Gasteiger partial charge is 0.263 e. The van der Waals surface area contributed by atoms with Crippen LogP contribution in [0.5, 0.6) is 0 Å². The first-order valence-corrected chi connectivity index (χ1v) is 12.1. The van der Waals surface area contributed by atoms with Crippen LogP contribution >= 0.6 is 22.7 Å². The highest BCUT2D eigenvalue weighted by molar-refractivity contribution is 7.23. The van der Waals surface area contributed by atoms with Gasteiger partial charge in [-0.1, -0.05) is 35.4 Å². The molecule has 0 unspecified atom stereocenters. The Labute approximate surface area is 200 Å². The monoisotopic (exact) mass is 461 g/mol. The van der Waals surface area contributed by atoms with Gasteiger partial charge in [-0.15, -0.1) is 22.7 Å². The Morgan fingerprint density at radius 2 is 1.39 bits per heavy atom. The summed E-state index contributed by atoms with van der Waals surface area (Å²) in [6.45, 7) is 11.3. The van der Waals surface area contributed by atoms with Crippen molar-refractivity contribution < 1.29 is 0 Å². The minimum atomic E-state index is 0.109. The summed E-state index contributed by atoms with van der Waals surface area (Å²) in [6, 6.07) is 27.9. The lowest BCUT2D eigenvalue weighted by Crippen LogP contribution is -2.08. The van der Waals surface area contributed by atoms with Crippen LogP contribution in [-0.2, 0) is 0 Å². The molecule has 3 aromatic carbocycles. The molecule has 33 heavy (non-hydrogen) atoms. The summed E-state index contributed by atoms with van der Waals surface area (Å²) in [4.78, 5) is 6.50. The van der Waals surface area contributed by atoms with Gasteiger partial charge in [0.1, 0.15) is 5.00 Å². The molecule has 0 spiro atoms. The Kier molecular flexibility index (Phi) is 5.44. The molecule has 158 valence electrons. The van der Waals surface area contributed by atoms with Gasteiger partial charge in [0.2, 0.25) is 0 Å². The Morgan fingerprint density at radius 3 is 1.94 bits per heavy atom. The summed E-state index contributed by atoms with van der Waals surface area (Å²) in [5.74, 6) is 0. The number of aryl methyl sites for hydroxylation is 2. The predicted octanol–water partition coefficient (Wildman–Crippen LogP) is 8.99. The highest BCUT2D eigenvalue weighted by Gasteiger charge is 2.16. The fourth-order valence-corrected chi connectivity index (χ4v) is 5.94. The summed E-state index contributed by atoms with van der Waals surface area (Å²) in [5.41, 5.74) is 4.85. The van der Waals surface area contributed by atoms with Crippen molar-refractivity contribution in [2.24, 2.45) is 0 Å².